The smallest absolute Gasteiger partial charge is 0.264 e. The molecule has 0 aromatic carbocycles. The zero-order chi connectivity index (χ0) is 12.4. The molecule has 1 amide bonds. The first kappa shape index (κ1) is 15.5. The third-order valence-electron chi connectivity index (χ3n) is 3.46. The van der Waals surface area contributed by atoms with Crippen LogP contribution in [-0.2, 0) is 0 Å². The summed E-state index contributed by atoms with van der Waals surface area (Å²) in [6.45, 7) is 5.68. The summed E-state index contributed by atoms with van der Waals surface area (Å²) in [7, 11) is 0. The van der Waals surface area contributed by atoms with E-state index in [0.29, 0.717) is 12.5 Å². The number of likely N-dealkylation sites (tertiary alicyclic amines) is 1. The van der Waals surface area contributed by atoms with Crippen molar-refractivity contribution >= 4 is 29.7 Å². The normalized spacial score (nSPS) is 23.6. The molecule has 2 rings (SSSR count). The molecule has 2 N–H and O–H groups in total. The van der Waals surface area contributed by atoms with E-state index in [0.717, 1.165) is 24.3 Å². The van der Waals surface area contributed by atoms with Crippen LogP contribution in [-0.4, -0.2) is 29.9 Å². The largest absolute Gasteiger partial charge is 0.334 e. The fraction of sp³-hybridized carbons (Fsp3) is 0.615. The lowest BCUT2D eigenvalue weighted by atomic mass is 9.92. The molecule has 1 aliphatic heterocycles. The Morgan fingerprint density at radius 3 is 2.83 bits per heavy atom. The van der Waals surface area contributed by atoms with Crippen LogP contribution in [0.15, 0.2) is 12.1 Å². The van der Waals surface area contributed by atoms with E-state index in [9.17, 15) is 4.79 Å². The van der Waals surface area contributed by atoms with Crippen LogP contribution in [0.4, 0.5) is 0 Å². The molecule has 0 bridgehead atoms. The van der Waals surface area contributed by atoms with Gasteiger partial charge in [-0.1, -0.05) is 6.92 Å². The Bertz CT molecular complexity index is 407. The number of nitrogens with zero attached hydrogens (tertiary/aromatic N) is 1. The second kappa shape index (κ2) is 6.55. The van der Waals surface area contributed by atoms with Crippen LogP contribution in [0.2, 0.25) is 0 Å². The highest BCUT2D eigenvalue weighted by Gasteiger charge is 2.29. The van der Waals surface area contributed by atoms with Gasteiger partial charge in [0.1, 0.15) is 0 Å². The molecule has 0 saturated carbocycles. The van der Waals surface area contributed by atoms with Gasteiger partial charge < -0.3 is 10.6 Å². The van der Waals surface area contributed by atoms with Crippen molar-refractivity contribution in [1.82, 2.24) is 4.90 Å². The van der Waals surface area contributed by atoms with Crippen molar-refractivity contribution in [1.29, 1.82) is 0 Å². The number of piperidine rings is 1. The Kier molecular flexibility index (Phi) is 5.63. The van der Waals surface area contributed by atoms with Crippen LogP contribution >= 0.6 is 23.7 Å². The second-order valence-electron chi connectivity index (χ2n) is 4.93. The fourth-order valence-electron chi connectivity index (χ4n) is 2.43. The van der Waals surface area contributed by atoms with Crippen molar-refractivity contribution in [2.24, 2.45) is 11.7 Å². The summed E-state index contributed by atoms with van der Waals surface area (Å²) in [5.41, 5.74) is 5.79. The molecule has 2 heterocycles. The molecule has 3 nitrogen and oxygen atoms in total. The fourth-order valence-corrected chi connectivity index (χ4v) is 3.26. The molecule has 1 fully saturated rings. The van der Waals surface area contributed by atoms with Gasteiger partial charge in [0.15, 0.2) is 0 Å². The van der Waals surface area contributed by atoms with Gasteiger partial charge in [0, 0.05) is 24.0 Å². The molecule has 102 valence electrons. The van der Waals surface area contributed by atoms with Crippen molar-refractivity contribution in [3.8, 4) is 0 Å². The number of aryl methyl sites for hydroxylation is 1. The molecule has 0 aliphatic carbocycles. The monoisotopic (exact) mass is 288 g/mol. The van der Waals surface area contributed by atoms with Gasteiger partial charge in [-0.05, 0) is 37.8 Å². The maximum absolute atomic E-state index is 12.4. The molecule has 0 spiro atoms. The summed E-state index contributed by atoms with van der Waals surface area (Å²) in [5, 5.41) is 0. The maximum atomic E-state index is 12.4. The Morgan fingerprint density at radius 2 is 2.28 bits per heavy atom. The van der Waals surface area contributed by atoms with E-state index in [-0.39, 0.29) is 24.4 Å². The van der Waals surface area contributed by atoms with Crippen molar-refractivity contribution in [2.75, 3.05) is 13.1 Å². The number of hydrogen-bond donors (Lipinski definition) is 1. The minimum Gasteiger partial charge on any atom is -0.334 e. The van der Waals surface area contributed by atoms with Crippen LogP contribution in [0.5, 0.6) is 0 Å². The highest BCUT2D eigenvalue weighted by Crippen LogP contribution is 2.25. The number of carbonyl (C=O) groups excluding carboxylic acids is 1. The molecule has 5 heteroatoms. The Balaban J connectivity index is 0.00000162. The summed E-state index contributed by atoms with van der Waals surface area (Å²) < 4.78 is 0. The van der Waals surface area contributed by atoms with E-state index in [4.69, 9.17) is 5.73 Å². The summed E-state index contributed by atoms with van der Waals surface area (Å²) in [6, 6.07) is 4.14. The van der Waals surface area contributed by atoms with Crippen molar-refractivity contribution in [3.63, 3.8) is 0 Å². The second-order valence-corrected chi connectivity index (χ2v) is 6.22. The number of hydrogen-bond acceptors (Lipinski definition) is 3. The third-order valence-corrected chi connectivity index (χ3v) is 4.45. The van der Waals surface area contributed by atoms with Crippen LogP contribution < -0.4 is 5.73 Å². The summed E-state index contributed by atoms with van der Waals surface area (Å²) in [6.07, 6.45) is 2.12. The summed E-state index contributed by atoms with van der Waals surface area (Å²) >= 11 is 1.57. The highest BCUT2D eigenvalue weighted by molar-refractivity contribution is 7.13. The highest BCUT2D eigenvalue weighted by atomic mass is 35.5. The van der Waals surface area contributed by atoms with E-state index >= 15 is 0 Å². The molecule has 1 aromatic rings. The number of thiophene rings is 1. The molecule has 1 aromatic heterocycles. The number of nitrogens with two attached hydrogens (primary N) is 1. The van der Waals surface area contributed by atoms with Gasteiger partial charge in [0.25, 0.3) is 5.91 Å². The van der Waals surface area contributed by atoms with E-state index in [1.54, 1.807) is 11.3 Å². The zero-order valence-corrected chi connectivity index (χ0v) is 12.5. The quantitative estimate of drug-likeness (QED) is 0.909. The predicted molar refractivity (Wildman–Crippen MR) is 78.6 cm³/mol. The van der Waals surface area contributed by atoms with Crippen LogP contribution in [0, 0.1) is 12.8 Å². The van der Waals surface area contributed by atoms with Gasteiger partial charge in [-0.3, -0.25) is 4.79 Å². The molecular weight excluding hydrogens is 268 g/mol. The third kappa shape index (κ3) is 3.25. The standard InChI is InChI=1S/C13H20N2OS.ClH/c1-9-5-6-15(11(7-9)8-14)13(16)12-4-3-10(2)17-12;/h3-4,9,11H,5-8,14H2,1-2H3;1H. The lowest BCUT2D eigenvalue weighted by Gasteiger charge is -2.37. The van der Waals surface area contributed by atoms with Crippen LogP contribution in [0.25, 0.3) is 0 Å². The van der Waals surface area contributed by atoms with Crippen molar-refractivity contribution in [3.05, 3.63) is 21.9 Å². The lowest BCUT2D eigenvalue weighted by molar-refractivity contribution is 0.0578. The lowest BCUT2D eigenvalue weighted by Crippen LogP contribution is -2.49. The van der Waals surface area contributed by atoms with Crippen LogP contribution in [0.1, 0.15) is 34.3 Å². The first-order valence-corrected chi connectivity index (χ1v) is 7.01. The molecule has 2 atom stereocenters. The Labute approximate surface area is 119 Å². The van der Waals surface area contributed by atoms with Crippen molar-refractivity contribution < 1.29 is 4.79 Å². The first-order chi connectivity index (χ1) is 8.11. The average Bonchev–Trinajstić information content (AvgIpc) is 2.75. The van der Waals surface area contributed by atoms with Crippen molar-refractivity contribution in [2.45, 2.75) is 32.7 Å². The molecule has 0 radical (unpaired) electrons. The average molecular weight is 289 g/mol. The van der Waals surface area contributed by atoms with Gasteiger partial charge in [-0.25, -0.2) is 0 Å². The Morgan fingerprint density at radius 1 is 1.56 bits per heavy atom. The van der Waals surface area contributed by atoms with E-state index in [1.165, 1.54) is 4.88 Å². The minimum atomic E-state index is 0. The SMILES string of the molecule is Cc1ccc(C(=O)N2CCC(C)CC2CN)s1.Cl. The van der Waals surface area contributed by atoms with E-state index in [2.05, 4.69) is 6.92 Å². The van der Waals surface area contributed by atoms with Gasteiger partial charge in [-0.15, -0.1) is 23.7 Å². The van der Waals surface area contributed by atoms with E-state index in [1.807, 2.05) is 24.0 Å². The van der Waals surface area contributed by atoms with Gasteiger partial charge in [0.05, 0.1) is 4.88 Å². The summed E-state index contributed by atoms with van der Waals surface area (Å²) in [4.78, 5) is 16.4. The number of rotatable bonds is 2. The molecule has 18 heavy (non-hydrogen) atoms. The Hall–Kier alpha value is -0.580. The van der Waals surface area contributed by atoms with Gasteiger partial charge >= 0.3 is 0 Å². The molecule has 2 unspecified atom stereocenters. The first-order valence-electron chi connectivity index (χ1n) is 6.19. The number of carbonyl (C=O) groups is 1. The maximum Gasteiger partial charge on any atom is 0.264 e. The molecular formula is C13H21ClN2OS. The zero-order valence-electron chi connectivity index (χ0n) is 10.9. The van der Waals surface area contributed by atoms with E-state index < -0.39 is 0 Å². The number of amides is 1. The van der Waals surface area contributed by atoms with Gasteiger partial charge in [-0.2, -0.15) is 0 Å². The van der Waals surface area contributed by atoms with Gasteiger partial charge in [0.2, 0.25) is 0 Å². The summed E-state index contributed by atoms with van der Waals surface area (Å²) in [5.74, 6) is 0.836. The minimum absolute atomic E-state index is 0. The molecule has 1 saturated heterocycles. The number of halogens is 1. The topological polar surface area (TPSA) is 46.3 Å². The predicted octanol–water partition coefficient (Wildman–Crippen LogP) is 2.68. The van der Waals surface area contributed by atoms with Crippen LogP contribution in [0.3, 0.4) is 0 Å². The molecule has 1 aliphatic rings.